The van der Waals surface area contributed by atoms with Crippen LogP contribution in [0.15, 0.2) is 5.16 Å². The third-order valence-electron chi connectivity index (χ3n) is 4.16. The Bertz CT molecular complexity index is 458. The molecule has 0 radical (unpaired) electrons. The van der Waals surface area contributed by atoms with Crippen LogP contribution in [0.2, 0.25) is 0 Å². The molecular formula is C12H18N4O2S. The third kappa shape index (κ3) is 2.61. The maximum atomic E-state index is 11.2. The first-order chi connectivity index (χ1) is 9.25. The molecule has 2 atom stereocenters. The maximum absolute atomic E-state index is 11.2. The Balaban J connectivity index is 1.72. The first-order valence-electron chi connectivity index (χ1n) is 6.93. The number of carboxylic acids is 1. The van der Waals surface area contributed by atoms with Crippen LogP contribution in [-0.2, 0) is 4.79 Å². The molecule has 1 N–H and O–H groups in total. The van der Waals surface area contributed by atoms with Crippen molar-refractivity contribution in [1.82, 2.24) is 20.2 Å². The van der Waals surface area contributed by atoms with Gasteiger partial charge in [-0.2, -0.15) is 0 Å². The number of hydrogen-bond acceptors (Lipinski definition) is 5. The van der Waals surface area contributed by atoms with Crippen LogP contribution >= 0.6 is 11.8 Å². The molecule has 0 saturated heterocycles. The predicted octanol–water partition coefficient (Wildman–Crippen LogP) is 2.13. The van der Waals surface area contributed by atoms with Gasteiger partial charge in [-0.15, -0.1) is 5.10 Å². The smallest absolute Gasteiger partial charge is 0.307 e. The summed E-state index contributed by atoms with van der Waals surface area (Å²) in [4.78, 5) is 11.2. The fraction of sp³-hybridized carbons (Fsp3) is 0.833. The van der Waals surface area contributed by atoms with Crippen LogP contribution in [0.5, 0.6) is 0 Å². The molecule has 0 aromatic carbocycles. The highest BCUT2D eigenvalue weighted by atomic mass is 32.2. The average molecular weight is 282 g/mol. The van der Waals surface area contributed by atoms with Crippen molar-refractivity contribution in [2.75, 3.05) is 0 Å². The van der Waals surface area contributed by atoms with E-state index in [0.29, 0.717) is 6.04 Å². The molecule has 2 unspecified atom stereocenters. The lowest BCUT2D eigenvalue weighted by molar-refractivity contribution is -0.141. The summed E-state index contributed by atoms with van der Waals surface area (Å²) in [5.41, 5.74) is 0. The van der Waals surface area contributed by atoms with Crippen molar-refractivity contribution in [1.29, 1.82) is 0 Å². The number of nitrogens with zero attached hydrogens (tertiary/aromatic N) is 4. The van der Waals surface area contributed by atoms with Gasteiger partial charge in [0.15, 0.2) is 0 Å². The molecule has 19 heavy (non-hydrogen) atoms. The van der Waals surface area contributed by atoms with E-state index in [1.165, 1.54) is 12.8 Å². The molecular weight excluding hydrogens is 264 g/mol. The van der Waals surface area contributed by atoms with E-state index in [4.69, 9.17) is 0 Å². The zero-order valence-corrected chi connectivity index (χ0v) is 11.6. The number of tetrazole rings is 1. The van der Waals surface area contributed by atoms with Crippen molar-refractivity contribution in [3.05, 3.63) is 0 Å². The monoisotopic (exact) mass is 282 g/mol. The summed E-state index contributed by atoms with van der Waals surface area (Å²) in [5, 5.41) is 22.1. The van der Waals surface area contributed by atoms with Crippen molar-refractivity contribution < 1.29 is 9.90 Å². The standard InChI is InChI=1S/C12H18N4O2S/c17-11(18)9-6-3-7-10(9)19-12-13-14-15-16(12)8-4-1-2-5-8/h8-10H,1-7H2,(H,17,18). The topological polar surface area (TPSA) is 80.9 Å². The zero-order chi connectivity index (χ0) is 13.2. The van der Waals surface area contributed by atoms with E-state index < -0.39 is 5.97 Å². The first kappa shape index (κ1) is 12.9. The van der Waals surface area contributed by atoms with Gasteiger partial charge in [-0.1, -0.05) is 31.0 Å². The normalized spacial score (nSPS) is 28.0. The quantitative estimate of drug-likeness (QED) is 0.911. The fourth-order valence-electron chi connectivity index (χ4n) is 3.13. The molecule has 0 bridgehead atoms. The Morgan fingerprint density at radius 2 is 2.00 bits per heavy atom. The highest BCUT2D eigenvalue weighted by Crippen LogP contribution is 2.40. The lowest BCUT2D eigenvalue weighted by Crippen LogP contribution is -2.21. The number of carboxylic acid groups (broad SMARTS) is 1. The number of aromatic nitrogens is 4. The minimum atomic E-state index is -0.685. The van der Waals surface area contributed by atoms with Crippen LogP contribution in [0.1, 0.15) is 51.0 Å². The minimum absolute atomic E-state index is 0.114. The largest absolute Gasteiger partial charge is 0.481 e. The van der Waals surface area contributed by atoms with E-state index in [9.17, 15) is 9.90 Å². The van der Waals surface area contributed by atoms with Gasteiger partial charge in [-0.3, -0.25) is 4.79 Å². The second kappa shape index (κ2) is 5.48. The Labute approximate surface area is 115 Å². The second-order valence-electron chi connectivity index (χ2n) is 5.38. The first-order valence-corrected chi connectivity index (χ1v) is 7.81. The summed E-state index contributed by atoms with van der Waals surface area (Å²) in [6, 6.07) is 0.405. The number of carbonyl (C=O) groups is 1. The van der Waals surface area contributed by atoms with Gasteiger partial charge in [-0.25, -0.2) is 4.68 Å². The van der Waals surface area contributed by atoms with Crippen molar-refractivity contribution >= 4 is 17.7 Å². The van der Waals surface area contributed by atoms with Crippen LogP contribution in [-0.4, -0.2) is 36.5 Å². The van der Waals surface area contributed by atoms with Crippen LogP contribution in [0.4, 0.5) is 0 Å². The molecule has 0 amide bonds. The molecule has 0 spiro atoms. The van der Waals surface area contributed by atoms with E-state index in [1.54, 1.807) is 11.8 Å². The van der Waals surface area contributed by atoms with Gasteiger partial charge in [0.05, 0.1) is 12.0 Å². The molecule has 2 aliphatic carbocycles. The van der Waals surface area contributed by atoms with Crippen molar-refractivity contribution in [2.45, 2.75) is 61.4 Å². The lowest BCUT2D eigenvalue weighted by Gasteiger charge is -2.16. The zero-order valence-electron chi connectivity index (χ0n) is 10.7. The van der Waals surface area contributed by atoms with Gasteiger partial charge in [0.2, 0.25) is 5.16 Å². The van der Waals surface area contributed by atoms with Gasteiger partial charge in [0, 0.05) is 5.25 Å². The molecule has 1 heterocycles. The molecule has 2 fully saturated rings. The molecule has 104 valence electrons. The SMILES string of the molecule is O=C(O)C1CCCC1Sc1nnnn1C1CCCC1. The fourth-order valence-corrected chi connectivity index (χ4v) is 4.48. The summed E-state index contributed by atoms with van der Waals surface area (Å²) in [5.74, 6) is -0.936. The maximum Gasteiger partial charge on any atom is 0.307 e. The number of hydrogen-bond donors (Lipinski definition) is 1. The van der Waals surface area contributed by atoms with E-state index >= 15 is 0 Å². The van der Waals surface area contributed by atoms with Crippen LogP contribution < -0.4 is 0 Å². The Morgan fingerprint density at radius 3 is 2.74 bits per heavy atom. The van der Waals surface area contributed by atoms with Gasteiger partial charge < -0.3 is 5.11 Å². The summed E-state index contributed by atoms with van der Waals surface area (Å²) in [6.07, 6.45) is 7.43. The minimum Gasteiger partial charge on any atom is -0.481 e. The summed E-state index contributed by atoms with van der Waals surface area (Å²) < 4.78 is 1.91. The molecule has 1 aromatic rings. The Kier molecular flexibility index (Phi) is 3.72. The highest BCUT2D eigenvalue weighted by molar-refractivity contribution is 7.99. The van der Waals surface area contributed by atoms with Crippen molar-refractivity contribution in [2.24, 2.45) is 5.92 Å². The van der Waals surface area contributed by atoms with Gasteiger partial charge in [-0.05, 0) is 36.1 Å². The van der Waals surface area contributed by atoms with Gasteiger partial charge in [0.25, 0.3) is 0 Å². The summed E-state index contributed by atoms with van der Waals surface area (Å²) in [6.45, 7) is 0. The van der Waals surface area contributed by atoms with Gasteiger partial charge in [0.1, 0.15) is 0 Å². The number of thioether (sulfide) groups is 1. The molecule has 2 aliphatic rings. The van der Waals surface area contributed by atoms with Gasteiger partial charge >= 0.3 is 5.97 Å². The number of rotatable bonds is 4. The molecule has 6 nitrogen and oxygen atoms in total. The third-order valence-corrected chi connectivity index (χ3v) is 5.51. The predicted molar refractivity (Wildman–Crippen MR) is 69.9 cm³/mol. The van der Waals surface area contributed by atoms with E-state index in [2.05, 4.69) is 15.5 Å². The van der Waals surface area contributed by atoms with Crippen LogP contribution in [0.3, 0.4) is 0 Å². The molecule has 3 rings (SSSR count). The van der Waals surface area contributed by atoms with Crippen molar-refractivity contribution in [3.63, 3.8) is 0 Å². The Morgan fingerprint density at radius 1 is 1.21 bits per heavy atom. The molecule has 1 aromatic heterocycles. The average Bonchev–Trinajstić information content (AvgIpc) is 3.09. The van der Waals surface area contributed by atoms with E-state index in [-0.39, 0.29) is 11.2 Å². The van der Waals surface area contributed by atoms with Crippen LogP contribution in [0, 0.1) is 5.92 Å². The molecule has 7 heteroatoms. The molecule has 0 aliphatic heterocycles. The highest BCUT2D eigenvalue weighted by Gasteiger charge is 2.35. The van der Waals surface area contributed by atoms with E-state index in [0.717, 1.165) is 37.3 Å². The summed E-state index contributed by atoms with van der Waals surface area (Å²) in [7, 11) is 0. The second-order valence-corrected chi connectivity index (χ2v) is 6.58. The number of aliphatic carboxylic acids is 1. The van der Waals surface area contributed by atoms with Crippen LogP contribution in [0.25, 0.3) is 0 Å². The molecule has 2 saturated carbocycles. The van der Waals surface area contributed by atoms with Crippen molar-refractivity contribution in [3.8, 4) is 0 Å². The van der Waals surface area contributed by atoms with E-state index in [1.807, 2.05) is 4.68 Å². The lowest BCUT2D eigenvalue weighted by atomic mass is 10.1. The summed E-state index contributed by atoms with van der Waals surface area (Å²) >= 11 is 1.55. The Hall–Kier alpha value is -1.11.